The van der Waals surface area contributed by atoms with Gasteiger partial charge in [0.15, 0.2) is 0 Å². The van der Waals surface area contributed by atoms with Crippen molar-refractivity contribution in [3.05, 3.63) is 27.2 Å². The number of fused-ring (bicyclic) bond motifs is 1. The summed E-state index contributed by atoms with van der Waals surface area (Å²) in [5, 5.41) is 1.21. The van der Waals surface area contributed by atoms with Crippen LogP contribution in [0.3, 0.4) is 0 Å². The van der Waals surface area contributed by atoms with Crippen LogP contribution in [0.1, 0.15) is 53.9 Å². The van der Waals surface area contributed by atoms with Gasteiger partial charge in [-0.2, -0.15) is 0 Å². The fraction of sp³-hybridized carbons (Fsp3) is 0.500. The Morgan fingerprint density at radius 3 is 2.71 bits per heavy atom. The van der Waals surface area contributed by atoms with E-state index in [4.69, 9.17) is 9.72 Å². The molecule has 1 aromatic heterocycles. The second kappa shape index (κ2) is 6.05. The van der Waals surface area contributed by atoms with Gasteiger partial charge in [-0.05, 0) is 46.8 Å². The molecule has 0 radical (unpaired) electrons. The van der Waals surface area contributed by atoms with Crippen molar-refractivity contribution in [2.24, 2.45) is 5.92 Å². The second-order valence-corrected chi connectivity index (χ2v) is 7.72. The molecular weight excluding hydrogens is 350 g/mol. The van der Waals surface area contributed by atoms with Crippen LogP contribution in [0.2, 0.25) is 0 Å². The van der Waals surface area contributed by atoms with E-state index in [1.807, 2.05) is 12.1 Å². The first kappa shape index (κ1) is 15.0. The number of halogens is 1. The molecule has 2 aromatic rings. The maximum atomic E-state index is 11.7. The van der Waals surface area contributed by atoms with Crippen molar-refractivity contribution in [3.8, 4) is 0 Å². The summed E-state index contributed by atoms with van der Waals surface area (Å²) < 4.78 is 6.71. The summed E-state index contributed by atoms with van der Waals surface area (Å²) in [6.07, 6.45) is 5.04. The number of ether oxygens (including phenoxy) is 1. The number of hydrogen-bond donors (Lipinski definition) is 0. The number of hydrogen-bond acceptors (Lipinski definition) is 4. The first-order valence-electron chi connectivity index (χ1n) is 7.26. The van der Waals surface area contributed by atoms with E-state index < -0.39 is 0 Å². The molecule has 0 bridgehead atoms. The molecule has 0 atom stereocenters. The van der Waals surface area contributed by atoms with Gasteiger partial charge in [-0.25, -0.2) is 9.78 Å². The van der Waals surface area contributed by atoms with Gasteiger partial charge in [0.1, 0.15) is 0 Å². The Balaban J connectivity index is 1.94. The molecule has 1 heterocycles. The first-order chi connectivity index (χ1) is 10.1. The van der Waals surface area contributed by atoms with Crippen LogP contribution < -0.4 is 0 Å². The van der Waals surface area contributed by atoms with Crippen molar-refractivity contribution in [2.45, 2.75) is 38.5 Å². The number of carbonyl (C=O) groups excluding carboxylic acids is 1. The molecule has 0 spiro atoms. The molecule has 1 aliphatic carbocycles. The van der Waals surface area contributed by atoms with E-state index in [1.54, 1.807) is 11.3 Å². The summed E-state index contributed by atoms with van der Waals surface area (Å²) in [6.45, 7) is 2.33. The molecule has 5 heteroatoms. The van der Waals surface area contributed by atoms with E-state index >= 15 is 0 Å². The summed E-state index contributed by atoms with van der Waals surface area (Å²) in [5.41, 5.74) is 1.44. The Morgan fingerprint density at radius 2 is 2.05 bits per heavy atom. The molecule has 1 fully saturated rings. The highest BCUT2D eigenvalue weighted by Crippen LogP contribution is 2.39. The van der Waals surface area contributed by atoms with Crippen molar-refractivity contribution < 1.29 is 9.53 Å². The minimum atomic E-state index is -0.329. The van der Waals surface area contributed by atoms with Crippen LogP contribution in [0.4, 0.5) is 0 Å². The number of rotatable bonds is 2. The fourth-order valence-corrected chi connectivity index (χ4v) is 4.73. The number of aromatic nitrogens is 1. The third-order valence-corrected chi connectivity index (χ3v) is 6.10. The zero-order valence-electron chi connectivity index (χ0n) is 12.2. The summed E-state index contributed by atoms with van der Waals surface area (Å²) in [6, 6.07) is 3.81. The van der Waals surface area contributed by atoms with Gasteiger partial charge in [0.2, 0.25) is 0 Å². The molecule has 1 aromatic carbocycles. The minimum absolute atomic E-state index is 0.329. The van der Waals surface area contributed by atoms with Crippen molar-refractivity contribution in [1.29, 1.82) is 0 Å². The Kier molecular flexibility index (Phi) is 4.31. The molecule has 0 aliphatic heterocycles. The average molecular weight is 368 g/mol. The number of carbonyl (C=O) groups is 1. The van der Waals surface area contributed by atoms with Crippen LogP contribution in [-0.2, 0) is 4.74 Å². The zero-order valence-corrected chi connectivity index (χ0v) is 14.6. The average Bonchev–Trinajstić information content (AvgIpc) is 2.89. The van der Waals surface area contributed by atoms with Gasteiger partial charge in [-0.3, -0.25) is 0 Å². The quantitative estimate of drug-likeness (QED) is 0.689. The Bertz CT molecular complexity index is 674. The van der Waals surface area contributed by atoms with E-state index in [-0.39, 0.29) is 5.97 Å². The SMILES string of the molecule is COC(=O)c1cc2nc(C3CCC(C)CC3)sc2cc1Br. The maximum absolute atomic E-state index is 11.7. The molecule has 3 rings (SSSR count). The lowest BCUT2D eigenvalue weighted by molar-refractivity contribution is 0.0600. The predicted molar refractivity (Wildman–Crippen MR) is 89.0 cm³/mol. The Labute approximate surface area is 136 Å². The van der Waals surface area contributed by atoms with E-state index in [2.05, 4.69) is 22.9 Å². The number of nitrogens with zero attached hydrogens (tertiary/aromatic N) is 1. The van der Waals surface area contributed by atoms with Crippen LogP contribution in [0, 0.1) is 5.92 Å². The van der Waals surface area contributed by atoms with Crippen LogP contribution in [-0.4, -0.2) is 18.1 Å². The maximum Gasteiger partial charge on any atom is 0.339 e. The molecule has 1 saturated carbocycles. The molecular formula is C16H18BrNO2S. The third-order valence-electron chi connectivity index (χ3n) is 4.26. The van der Waals surface area contributed by atoms with Crippen LogP contribution in [0.15, 0.2) is 16.6 Å². The smallest absolute Gasteiger partial charge is 0.339 e. The highest BCUT2D eigenvalue weighted by atomic mass is 79.9. The number of thiazole rings is 1. The Morgan fingerprint density at radius 1 is 1.33 bits per heavy atom. The lowest BCUT2D eigenvalue weighted by atomic mass is 9.83. The number of methoxy groups -OCH3 is 1. The molecule has 0 amide bonds. The van der Waals surface area contributed by atoms with Gasteiger partial charge in [-0.15, -0.1) is 11.3 Å². The summed E-state index contributed by atoms with van der Waals surface area (Å²) in [4.78, 5) is 16.5. The van der Waals surface area contributed by atoms with Crippen molar-refractivity contribution in [1.82, 2.24) is 4.98 Å². The highest BCUT2D eigenvalue weighted by molar-refractivity contribution is 9.10. The second-order valence-electron chi connectivity index (χ2n) is 5.80. The van der Waals surface area contributed by atoms with Crippen molar-refractivity contribution >= 4 is 43.5 Å². The third kappa shape index (κ3) is 2.99. The minimum Gasteiger partial charge on any atom is -0.465 e. The molecule has 21 heavy (non-hydrogen) atoms. The van der Waals surface area contributed by atoms with Crippen molar-refractivity contribution in [3.63, 3.8) is 0 Å². The summed E-state index contributed by atoms with van der Waals surface area (Å²) in [7, 11) is 1.40. The summed E-state index contributed by atoms with van der Waals surface area (Å²) in [5.74, 6) is 1.10. The predicted octanol–water partition coefficient (Wildman–Crippen LogP) is 5.14. The molecule has 3 nitrogen and oxygen atoms in total. The highest BCUT2D eigenvalue weighted by Gasteiger charge is 2.23. The van der Waals surface area contributed by atoms with Gasteiger partial charge in [0.05, 0.1) is 27.9 Å². The molecule has 0 saturated heterocycles. The zero-order chi connectivity index (χ0) is 15.0. The normalized spacial score (nSPS) is 22.4. The Hall–Kier alpha value is -0.940. The lowest BCUT2D eigenvalue weighted by Crippen LogP contribution is -2.10. The van der Waals surface area contributed by atoms with Crippen molar-refractivity contribution in [2.75, 3.05) is 7.11 Å². The van der Waals surface area contributed by atoms with E-state index in [9.17, 15) is 4.79 Å². The topological polar surface area (TPSA) is 39.2 Å². The summed E-state index contributed by atoms with van der Waals surface area (Å²) >= 11 is 5.20. The molecule has 0 unspecified atom stereocenters. The molecule has 112 valence electrons. The van der Waals surface area contributed by atoms with E-state index in [0.29, 0.717) is 11.5 Å². The van der Waals surface area contributed by atoms with E-state index in [1.165, 1.54) is 37.8 Å². The van der Waals surface area contributed by atoms with Gasteiger partial charge in [0.25, 0.3) is 0 Å². The van der Waals surface area contributed by atoms with Gasteiger partial charge in [-0.1, -0.05) is 19.8 Å². The standard InChI is InChI=1S/C16H18BrNO2S/c1-9-3-5-10(6-4-9)15-18-13-7-11(16(19)20-2)12(17)8-14(13)21-15/h7-10H,3-6H2,1-2H3. The van der Waals surface area contributed by atoms with E-state index in [0.717, 1.165) is 20.6 Å². The van der Waals surface area contributed by atoms with Crippen LogP contribution in [0.5, 0.6) is 0 Å². The van der Waals surface area contributed by atoms with Gasteiger partial charge >= 0.3 is 5.97 Å². The molecule has 0 N–H and O–H groups in total. The van der Waals surface area contributed by atoms with Gasteiger partial charge in [0, 0.05) is 10.4 Å². The monoisotopic (exact) mass is 367 g/mol. The largest absolute Gasteiger partial charge is 0.465 e. The van der Waals surface area contributed by atoms with Gasteiger partial charge < -0.3 is 4.74 Å². The van der Waals surface area contributed by atoms with Crippen LogP contribution >= 0.6 is 27.3 Å². The fourth-order valence-electron chi connectivity index (χ4n) is 2.91. The number of benzene rings is 1. The lowest BCUT2D eigenvalue weighted by Gasteiger charge is -2.24. The molecule has 1 aliphatic rings. The first-order valence-corrected chi connectivity index (χ1v) is 8.87. The number of esters is 1. The van der Waals surface area contributed by atoms with Crippen LogP contribution in [0.25, 0.3) is 10.2 Å².